The number of nitrogens with zero attached hydrogens (tertiary/aromatic N) is 2. The number of rotatable bonds is 6. The number of benzene rings is 1. The first-order chi connectivity index (χ1) is 16.0. The summed E-state index contributed by atoms with van der Waals surface area (Å²) in [6.07, 6.45) is 6.85. The minimum atomic E-state index is -0.982. The van der Waals surface area contributed by atoms with Crippen molar-refractivity contribution in [2.75, 3.05) is 12.0 Å². The number of thiophene rings is 1. The molecule has 0 unspecified atom stereocenters. The summed E-state index contributed by atoms with van der Waals surface area (Å²) < 4.78 is 0. The van der Waals surface area contributed by atoms with Crippen molar-refractivity contribution in [1.82, 2.24) is 0 Å². The molecule has 176 valence electrons. The lowest BCUT2D eigenvalue weighted by molar-refractivity contribution is -0.124. The monoisotopic (exact) mass is 468 g/mol. The maximum atomic E-state index is 13.9. The summed E-state index contributed by atoms with van der Waals surface area (Å²) in [6, 6.07) is 11.7. The highest BCUT2D eigenvalue weighted by atomic mass is 32.1. The SMILES string of the molecule is CON=C1CCC(N(C(=O)C2CCC(C)CC2)c2cc(-c3ccccc3)sc2C(=O)O)CC1. The van der Waals surface area contributed by atoms with Crippen molar-refractivity contribution in [1.29, 1.82) is 0 Å². The Balaban J connectivity index is 1.71. The lowest BCUT2D eigenvalue weighted by atomic mass is 9.81. The van der Waals surface area contributed by atoms with E-state index >= 15 is 0 Å². The molecule has 2 aromatic rings. The molecule has 0 aliphatic heterocycles. The molecule has 1 aromatic carbocycles. The topological polar surface area (TPSA) is 79.2 Å². The molecule has 1 heterocycles. The van der Waals surface area contributed by atoms with Gasteiger partial charge in [-0.15, -0.1) is 11.3 Å². The molecule has 0 saturated heterocycles. The number of hydrogen-bond acceptors (Lipinski definition) is 5. The molecular formula is C26H32N2O4S. The van der Waals surface area contributed by atoms with Gasteiger partial charge in [0.1, 0.15) is 12.0 Å². The molecule has 7 heteroatoms. The normalized spacial score (nSPS) is 23.1. The maximum absolute atomic E-state index is 13.9. The summed E-state index contributed by atoms with van der Waals surface area (Å²) in [6.45, 7) is 2.24. The van der Waals surface area contributed by atoms with Gasteiger partial charge in [-0.2, -0.15) is 0 Å². The van der Waals surface area contributed by atoms with Gasteiger partial charge in [0.15, 0.2) is 0 Å². The van der Waals surface area contributed by atoms with E-state index in [1.807, 2.05) is 41.3 Å². The van der Waals surface area contributed by atoms with E-state index in [1.165, 1.54) is 11.3 Å². The Morgan fingerprint density at radius 2 is 1.73 bits per heavy atom. The lowest BCUT2D eigenvalue weighted by Gasteiger charge is -2.38. The Kier molecular flexibility index (Phi) is 7.48. The predicted molar refractivity (Wildman–Crippen MR) is 132 cm³/mol. The number of carbonyl (C=O) groups is 2. The third-order valence-electron chi connectivity index (χ3n) is 6.94. The van der Waals surface area contributed by atoms with Gasteiger partial charge in [-0.25, -0.2) is 4.79 Å². The van der Waals surface area contributed by atoms with Crippen LogP contribution in [0.5, 0.6) is 0 Å². The summed E-state index contributed by atoms with van der Waals surface area (Å²) in [7, 11) is 1.55. The second-order valence-corrected chi connectivity index (χ2v) is 10.3. The van der Waals surface area contributed by atoms with Gasteiger partial charge in [0.25, 0.3) is 0 Å². The molecule has 6 nitrogen and oxygen atoms in total. The average Bonchev–Trinajstić information content (AvgIpc) is 3.27. The number of anilines is 1. The standard InChI is InChI=1S/C26H32N2O4S/c1-17-8-10-19(11-9-17)25(29)28(21-14-12-20(13-15-21)27-32-2)22-16-23(33-24(22)26(30)31)18-6-4-3-5-7-18/h3-7,16-17,19,21H,8-15H2,1-2H3,(H,30,31). The van der Waals surface area contributed by atoms with Crippen molar-refractivity contribution in [2.45, 2.75) is 64.3 Å². The van der Waals surface area contributed by atoms with Crippen LogP contribution < -0.4 is 4.90 Å². The van der Waals surface area contributed by atoms with Crippen LogP contribution in [0.1, 0.15) is 68.0 Å². The van der Waals surface area contributed by atoms with E-state index in [9.17, 15) is 14.7 Å². The molecule has 0 bridgehead atoms. The van der Waals surface area contributed by atoms with Crippen molar-refractivity contribution in [2.24, 2.45) is 17.0 Å². The van der Waals surface area contributed by atoms with Crippen LogP contribution in [-0.4, -0.2) is 35.8 Å². The number of carboxylic acid groups (broad SMARTS) is 1. The van der Waals surface area contributed by atoms with Crippen LogP contribution in [0.15, 0.2) is 41.6 Å². The van der Waals surface area contributed by atoms with Crippen LogP contribution >= 0.6 is 11.3 Å². The molecule has 1 amide bonds. The number of oxime groups is 1. The van der Waals surface area contributed by atoms with Crippen molar-refractivity contribution < 1.29 is 19.5 Å². The highest BCUT2D eigenvalue weighted by molar-refractivity contribution is 7.18. The first-order valence-electron chi connectivity index (χ1n) is 11.8. The third-order valence-corrected chi connectivity index (χ3v) is 8.11. The number of carbonyl (C=O) groups excluding carboxylic acids is 1. The predicted octanol–water partition coefficient (Wildman–Crippen LogP) is 6.22. The van der Waals surface area contributed by atoms with Gasteiger partial charge in [-0.05, 0) is 68.9 Å². The van der Waals surface area contributed by atoms with E-state index in [0.717, 1.165) is 67.5 Å². The van der Waals surface area contributed by atoms with E-state index in [2.05, 4.69) is 12.1 Å². The first-order valence-corrected chi connectivity index (χ1v) is 12.6. The fraction of sp³-hybridized carbons (Fsp3) is 0.500. The first kappa shape index (κ1) is 23.5. The largest absolute Gasteiger partial charge is 0.477 e. The lowest BCUT2D eigenvalue weighted by Crippen LogP contribution is -2.46. The highest BCUT2D eigenvalue weighted by Gasteiger charge is 2.37. The number of hydrogen-bond donors (Lipinski definition) is 1. The number of aromatic carboxylic acids is 1. The van der Waals surface area contributed by atoms with Crippen LogP contribution in [0.4, 0.5) is 5.69 Å². The minimum absolute atomic E-state index is 0.0380. The molecule has 1 N–H and O–H groups in total. The summed E-state index contributed by atoms with van der Waals surface area (Å²) in [5.41, 5.74) is 2.52. The summed E-state index contributed by atoms with van der Waals surface area (Å²) >= 11 is 1.25. The van der Waals surface area contributed by atoms with Crippen LogP contribution in [0.2, 0.25) is 0 Å². The van der Waals surface area contributed by atoms with Gasteiger partial charge >= 0.3 is 5.97 Å². The zero-order valence-electron chi connectivity index (χ0n) is 19.3. The second kappa shape index (κ2) is 10.5. The molecule has 2 aliphatic rings. The van der Waals surface area contributed by atoms with Crippen molar-refractivity contribution in [3.63, 3.8) is 0 Å². The molecule has 0 radical (unpaired) electrons. The van der Waals surface area contributed by atoms with Crippen LogP contribution in [-0.2, 0) is 9.63 Å². The Bertz CT molecular complexity index is 999. The Morgan fingerprint density at radius 1 is 1.06 bits per heavy atom. The molecule has 1 aromatic heterocycles. The third kappa shape index (κ3) is 5.29. The van der Waals surface area contributed by atoms with Gasteiger partial charge in [0.05, 0.1) is 11.4 Å². The van der Waals surface area contributed by atoms with Crippen molar-refractivity contribution in [3.8, 4) is 10.4 Å². The fourth-order valence-corrected chi connectivity index (χ4v) is 6.07. The quantitative estimate of drug-likeness (QED) is 0.511. The van der Waals surface area contributed by atoms with Gasteiger partial charge in [0, 0.05) is 16.8 Å². The Morgan fingerprint density at radius 3 is 2.33 bits per heavy atom. The molecule has 2 aliphatic carbocycles. The van der Waals surface area contributed by atoms with Gasteiger partial charge in [0.2, 0.25) is 5.91 Å². The van der Waals surface area contributed by atoms with Gasteiger partial charge in [-0.3, -0.25) is 4.79 Å². The molecular weight excluding hydrogens is 436 g/mol. The smallest absolute Gasteiger partial charge is 0.348 e. The Labute approximate surface area is 199 Å². The Hall–Kier alpha value is -2.67. The fourth-order valence-electron chi connectivity index (χ4n) is 5.07. The summed E-state index contributed by atoms with van der Waals surface area (Å²) in [5.74, 6) is -0.300. The highest BCUT2D eigenvalue weighted by Crippen LogP contribution is 2.41. The van der Waals surface area contributed by atoms with Gasteiger partial charge in [-0.1, -0.05) is 42.4 Å². The maximum Gasteiger partial charge on any atom is 0.348 e. The van der Waals surface area contributed by atoms with Crippen molar-refractivity contribution in [3.05, 3.63) is 41.3 Å². The van der Waals surface area contributed by atoms with Crippen molar-refractivity contribution >= 4 is 34.6 Å². The number of amides is 1. The van der Waals surface area contributed by atoms with Crippen LogP contribution in [0, 0.1) is 11.8 Å². The average molecular weight is 469 g/mol. The van der Waals surface area contributed by atoms with Crippen LogP contribution in [0.3, 0.4) is 0 Å². The summed E-state index contributed by atoms with van der Waals surface area (Å²) in [5, 5.41) is 14.2. The molecule has 2 saturated carbocycles. The van der Waals surface area contributed by atoms with E-state index < -0.39 is 5.97 Å². The molecule has 2 fully saturated rings. The van der Waals surface area contributed by atoms with E-state index in [4.69, 9.17) is 4.84 Å². The minimum Gasteiger partial charge on any atom is -0.477 e. The van der Waals surface area contributed by atoms with E-state index in [-0.39, 0.29) is 22.7 Å². The zero-order valence-corrected chi connectivity index (χ0v) is 20.1. The zero-order chi connectivity index (χ0) is 23.4. The summed E-state index contributed by atoms with van der Waals surface area (Å²) in [4.78, 5) is 34.1. The molecule has 0 atom stereocenters. The molecule has 0 spiro atoms. The molecule has 33 heavy (non-hydrogen) atoms. The van der Waals surface area contributed by atoms with E-state index in [0.29, 0.717) is 11.6 Å². The number of carboxylic acids is 1. The van der Waals surface area contributed by atoms with E-state index in [1.54, 1.807) is 7.11 Å². The van der Waals surface area contributed by atoms with Gasteiger partial charge < -0.3 is 14.8 Å². The van der Waals surface area contributed by atoms with Crippen LogP contribution in [0.25, 0.3) is 10.4 Å². The molecule has 4 rings (SSSR count). The second-order valence-electron chi connectivity index (χ2n) is 9.23.